The van der Waals surface area contributed by atoms with E-state index in [1.807, 2.05) is 36.4 Å². The van der Waals surface area contributed by atoms with Gasteiger partial charge in [-0.2, -0.15) is 9.78 Å². The molecule has 0 aliphatic rings. The van der Waals surface area contributed by atoms with Crippen LogP contribution in [-0.2, 0) is 13.0 Å². The predicted octanol–water partition coefficient (Wildman–Crippen LogP) is 3.43. The maximum Gasteiger partial charge on any atom is 0.250 e. The van der Waals surface area contributed by atoms with E-state index in [2.05, 4.69) is 60.5 Å². The molecule has 0 spiro atoms. The number of tetrazole rings is 1. The second-order valence-corrected chi connectivity index (χ2v) is 6.78. The second-order valence-electron chi connectivity index (χ2n) is 5.86. The fraction of sp³-hybridized carbons (Fsp3) is 0.167. The zero-order chi connectivity index (χ0) is 17.9. The number of nitrogens with zero attached hydrogens (tertiary/aromatic N) is 6. The van der Waals surface area contributed by atoms with E-state index < -0.39 is 0 Å². The van der Waals surface area contributed by atoms with Gasteiger partial charge >= 0.3 is 0 Å². The van der Waals surface area contributed by atoms with Gasteiger partial charge in [-0.25, -0.2) is 0 Å². The van der Waals surface area contributed by atoms with Crippen molar-refractivity contribution in [3.05, 3.63) is 75.8 Å². The molecular formula is C18H15BrN6O. The largest absolute Gasteiger partial charge is 0.337 e. The van der Waals surface area contributed by atoms with Gasteiger partial charge in [0.15, 0.2) is 5.82 Å². The van der Waals surface area contributed by atoms with Crippen molar-refractivity contribution in [2.45, 2.75) is 19.9 Å². The number of rotatable bonds is 5. The Morgan fingerprint density at radius 2 is 2.00 bits per heavy atom. The topological polar surface area (TPSA) is 82.5 Å². The van der Waals surface area contributed by atoms with Gasteiger partial charge in [-0.1, -0.05) is 57.5 Å². The minimum Gasteiger partial charge on any atom is -0.337 e. The lowest BCUT2D eigenvalue weighted by molar-refractivity contribution is 0.356. The molecule has 0 atom stereocenters. The van der Waals surface area contributed by atoms with E-state index in [0.717, 1.165) is 10.0 Å². The fourth-order valence-electron chi connectivity index (χ4n) is 2.58. The van der Waals surface area contributed by atoms with E-state index >= 15 is 0 Å². The van der Waals surface area contributed by atoms with Crippen LogP contribution in [0.1, 0.15) is 22.8 Å². The van der Waals surface area contributed by atoms with Crippen molar-refractivity contribution in [1.29, 1.82) is 0 Å². The molecule has 0 saturated carbocycles. The molecule has 7 nitrogen and oxygen atoms in total. The van der Waals surface area contributed by atoms with Crippen molar-refractivity contribution in [1.82, 2.24) is 30.3 Å². The highest BCUT2D eigenvalue weighted by atomic mass is 79.9. The van der Waals surface area contributed by atoms with E-state index in [9.17, 15) is 0 Å². The summed E-state index contributed by atoms with van der Waals surface area (Å²) in [6.07, 6.45) is 0.639. The van der Waals surface area contributed by atoms with E-state index in [1.165, 1.54) is 15.9 Å². The van der Waals surface area contributed by atoms with Crippen LogP contribution in [0.2, 0.25) is 0 Å². The Balaban J connectivity index is 1.47. The first-order valence-electron chi connectivity index (χ1n) is 8.07. The third-order valence-corrected chi connectivity index (χ3v) is 4.42. The average Bonchev–Trinajstić information content (AvgIpc) is 3.27. The summed E-state index contributed by atoms with van der Waals surface area (Å²) in [5, 5.41) is 16.6. The molecule has 0 N–H and O–H groups in total. The lowest BCUT2D eigenvalue weighted by Gasteiger charge is -2.00. The lowest BCUT2D eigenvalue weighted by atomic mass is 10.1. The number of hydrogen-bond acceptors (Lipinski definition) is 6. The SMILES string of the molecule is Cc1ccccc1Cc1nnn(Cc2nc(-c3cccc(Br)c3)no2)n1. The molecule has 0 fully saturated rings. The molecule has 0 amide bonds. The van der Waals surface area contributed by atoms with E-state index in [-0.39, 0.29) is 6.54 Å². The highest BCUT2D eigenvalue weighted by Gasteiger charge is 2.12. The first-order chi connectivity index (χ1) is 12.7. The van der Waals surface area contributed by atoms with Gasteiger partial charge in [0, 0.05) is 16.5 Å². The van der Waals surface area contributed by atoms with Gasteiger partial charge in [-0.15, -0.1) is 10.2 Å². The molecule has 4 aromatic rings. The van der Waals surface area contributed by atoms with Gasteiger partial charge in [0.25, 0.3) is 5.89 Å². The van der Waals surface area contributed by atoms with Crippen molar-refractivity contribution in [3.8, 4) is 11.4 Å². The molecule has 0 aliphatic carbocycles. The van der Waals surface area contributed by atoms with Crippen LogP contribution in [0, 0.1) is 6.92 Å². The molecule has 0 aliphatic heterocycles. The molecule has 0 unspecified atom stereocenters. The molecular weight excluding hydrogens is 396 g/mol. The minimum atomic E-state index is 0.280. The Morgan fingerprint density at radius 1 is 1.12 bits per heavy atom. The molecule has 26 heavy (non-hydrogen) atoms. The van der Waals surface area contributed by atoms with Gasteiger partial charge < -0.3 is 4.52 Å². The maximum absolute atomic E-state index is 5.30. The summed E-state index contributed by atoms with van der Waals surface area (Å²) >= 11 is 3.44. The molecule has 8 heteroatoms. The summed E-state index contributed by atoms with van der Waals surface area (Å²) in [6, 6.07) is 15.9. The van der Waals surface area contributed by atoms with Crippen LogP contribution in [0.3, 0.4) is 0 Å². The van der Waals surface area contributed by atoms with Gasteiger partial charge in [0.05, 0.1) is 0 Å². The molecule has 0 saturated heterocycles. The summed E-state index contributed by atoms with van der Waals surface area (Å²) in [5.41, 5.74) is 3.27. The number of benzene rings is 2. The van der Waals surface area contributed by atoms with Crippen LogP contribution < -0.4 is 0 Å². The Bertz CT molecular complexity index is 1040. The van der Waals surface area contributed by atoms with Crippen molar-refractivity contribution in [2.24, 2.45) is 0 Å². The van der Waals surface area contributed by atoms with Crippen LogP contribution >= 0.6 is 15.9 Å². The monoisotopic (exact) mass is 410 g/mol. The third-order valence-electron chi connectivity index (χ3n) is 3.93. The van der Waals surface area contributed by atoms with Gasteiger partial charge in [0.2, 0.25) is 5.82 Å². The highest BCUT2D eigenvalue weighted by molar-refractivity contribution is 9.10. The lowest BCUT2D eigenvalue weighted by Crippen LogP contribution is -2.05. The van der Waals surface area contributed by atoms with E-state index in [4.69, 9.17) is 4.52 Å². The van der Waals surface area contributed by atoms with E-state index in [0.29, 0.717) is 24.0 Å². The molecule has 0 bridgehead atoms. The van der Waals surface area contributed by atoms with E-state index in [1.54, 1.807) is 0 Å². The normalized spacial score (nSPS) is 11.0. The summed E-state index contributed by atoms with van der Waals surface area (Å²) in [7, 11) is 0. The van der Waals surface area contributed by atoms with Crippen molar-refractivity contribution in [2.75, 3.05) is 0 Å². The average molecular weight is 411 g/mol. The molecule has 2 aromatic heterocycles. The maximum atomic E-state index is 5.30. The molecule has 2 heterocycles. The molecule has 130 valence electrons. The summed E-state index contributed by atoms with van der Waals surface area (Å²) in [5.74, 6) is 1.62. The zero-order valence-corrected chi connectivity index (χ0v) is 15.6. The highest BCUT2D eigenvalue weighted by Crippen LogP contribution is 2.20. The fourth-order valence-corrected chi connectivity index (χ4v) is 2.98. The van der Waals surface area contributed by atoms with Crippen LogP contribution in [-0.4, -0.2) is 30.3 Å². The molecule has 0 radical (unpaired) electrons. The minimum absolute atomic E-state index is 0.280. The Morgan fingerprint density at radius 3 is 2.85 bits per heavy atom. The number of halogens is 1. The van der Waals surface area contributed by atoms with Gasteiger partial charge in [-0.05, 0) is 35.4 Å². The number of hydrogen-bond donors (Lipinski definition) is 0. The van der Waals surface area contributed by atoms with Crippen LogP contribution in [0.15, 0.2) is 57.5 Å². The van der Waals surface area contributed by atoms with Crippen LogP contribution in [0.25, 0.3) is 11.4 Å². The van der Waals surface area contributed by atoms with Crippen molar-refractivity contribution in [3.63, 3.8) is 0 Å². The first-order valence-corrected chi connectivity index (χ1v) is 8.86. The van der Waals surface area contributed by atoms with Crippen molar-refractivity contribution >= 4 is 15.9 Å². The predicted molar refractivity (Wildman–Crippen MR) is 98.3 cm³/mol. The van der Waals surface area contributed by atoms with Gasteiger partial charge in [-0.3, -0.25) is 0 Å². The standard InChI is InChI=1S/C18H15BrN6O/c1-12-5-2-3-6-13(12)10-16-21-24-25(22-16)11-17-20-18(23-26-17)14-7-4-8-15(19)9-14/h2-9H,10-11H2,1H3. The number of aromatic nitrogens is 6. The second kappa shape index (κ2) is 7.17. The van der Waals surface area contributed by atoms with Crippen LogP contribution in [0.5, 0.6) is 0 Å². The third kappa shape index (κ3) is 3.70. The molecule has 2 aromatic carbocycles. The quantitative estimate of drug-likeness (QED) is 0.501. The number of aryl methyl sites for hydroxylation is 1. The Kier molecular flexibility index (Phi) is 4.57. The smallest absolute Gasteiger partial charge is 0.250 e. The van der Waals surface area contributed by atoms with Crippen LogP contribution in [0.4, 0.5) is 0 Å². The van der Waals surface area contributed by atoms with Gasteiger partial charge in [0.1, 0.15) is 6.54 Å². The summed E-state index contributed by atoms with van der Waals surface area (Å²) in [6.45, 7) is 2.35. The summed E-state index contributed by atoms with van der Waals surface area (Å²) in [4.78, 5) is 5.86. The van der Waals surface area contributed by atoms with Crippen molar-refractivity contribution < 1.29 is 4.52 Å². The first kappa shape index (κ1) is 16.6. The molecule has 4 rings (SSSR count). The summed E-state index contributed by atoms with van der Waals surface area (Å²) < 4.78 is 6.26. The Hall–Kier alpha value is -2.87. The Labute approximate surface area is 158 Å². The zero-order valence-electron chi connectivity index (χ0n) is 14.0.